The summed E-state index contributed by atoms with van der Waals surface area (Å²) >= 11 is 0. The standard InChI is InChI=1S/C64H42N4O2/c1-2-16-44(17-3-1)68-56-23-11-8-20-48(56)53-34-41(28-31-57(53)68)62-65-63(42-27-30-51-49-21-9-12-24-58(49)69-60(51)37-42)67-64(66-62)43-35-54(61-55(36-43)50-22-10-13-25-59(50)70-61)47-29-26-40-32-38-14-4-5-15-39(38)33-52(40)46-19-7-6-18-45(46)47/h1-25,27-28,30-37,47,62H,26,29H2,(H,65,66,67). The summed E-state index contributed by atoms with van der Waals surface area (Å²) in [5.41, 5.74) is 16.2. The van der Waals surface area contributed by atoms with E-state index in [1.807, 2.05) is 12.1 Å². The Kier molecular flexibility index (Phi) is 8.51. The minimum atomic E-state index is -0.552. The van der Waals surface area contributed by atoms with Crippen LogP contribution in [0.2, 0.25) is 0 Å². The van der Waals surface area contributed by atoms with E-state index in [9.17, 15) is 0 Å². The van der Waals surface area contributed by atoms with Gasteiger partial charge in [-0.25, -0.2) is 9.98 Å². The number of rotatable bonds is 5. The number of para-hydroxylation sites is 4. The summed E-state index contributed by atoms with van der Waals surface area (Å²) in [5, 5.41) is 13.0. The maximum absolute atomic E-state index is 6.94. The number of aromatic nitrogens is 1. The van der Waals surface area contributed by atoms with Gasteiger partial charge in [-0.1, -0.05) is 140 Å². The maximum Gasteiger partial charge on any atom is 0.169 e. The zero-order valence-electron chi connectivity index (χ0n) is 37.9. The van der Waals surface area contributed by atoms with E-state index in [2.05, 4.69) is 210 Å². The van der Waals surface area contributed by atoms with Crippen molar-refractivity contribution < 1.29 is 8.83 Å². The molecule has 6 nitrogen and oxygen atoms in total. The monoisotopic (exact) mass is 898 g/mol. The number of furan rings is 2. The number of aliphatic imine (C=N–C) groups is 2. The highest BCUT2D eigenvalue weighted by Crippen LogP contribution is 2.46. The topological polar surface area (TPSA) is 68.0 Å². The van der Waals surface area contributed by atoms with Gasteiger partial charge in [0.25, 0.3) is 0 Å². The summed E-state index contributed by atoms with van der Waals surface area (Å²) < 4.78 is 15.7. The first-order chi connectivity index (χ1) is 34.7. The van der Waals surface area contributed by atoms with Crippen molar-refractivity contribution in [2.45, 2.75) is 24.9 Å². The van der Waals surface area contributed by atoms with Gasteiger partial charge in [0.05, 0.1) is 11.0 Å². The lowest BCUT2D eigenvalue weighted by Crippen LogP contribution is -2.36. The number of nitrogens with one attached hydrogen (secondary N) is 1. The average Bonchev–Trinajstić information content (AvgIpc) is 4.07. The minimum absolute atomic E-state index is 0.0441. The first kappa shape index (κ1) is 39.0. The van der Waals surface area contributed by atoms with E-state index in [0.29, 0.717) is 0 Å². The van der Waals surface area contributed by atoms with Gasteiger partial charge in [0.15, 0.2) is 6.17 Å². The van der Waals surface area contributed by atoms with Gasteiger partial charge in [0.2, 0.25) is 0 Å². The number of nitrogens with zero attached hydrogens (tertiary/aromatic N) is 3. The molecule has 10 aromatic carbocycles. The predicted octanol–water partition coefficient (Wildman–Crippen LogP) is 16.0. The summed E-state index contributed by atoms with van der Waals surface area (Å²) in [6, 6.07) is 76.1. The van der Waals surface area contributed by atoms with Gasteiger partial charge < -0.3 is 18.7 Å². The Hall–Kier alpha value is -9.00. The van der Waals surface area contributed by atoms with E-state index >= 15 is 0 Å². The van der Waals surface area contributed by atoms with Crippen molar-refractivity contribution in [2.24, 2.45) is 9.98 Å². The van der Waals surface area contributed by atoms with Crippen LogP contribution in [0.25, 0.3) is 93.3 Å². The van der Waals surface area contributed by atoms with Crippen molar-refractivity contribution in [1.29, 1.82) is 0 Å². The molecule has 4 heterocycles. The predicted molar refractivity (Wildman–Crippen MR) is 287 cm³/mol. The molecule has 1 N–H and O–H groups in total. The highest BCUT2D eigenvalue weighted by atomic mass is 16.3. The zero-order valence-corrected chi connectivity index (χ0v) is 37.9. The van der Waals surface area contributed by atoms with Crippen molar-refractivity contribution >= 4 is 88.1 Å². The second kappa shape index (κ2) is 15.3. The average molecular weight is 899 g/mol. The first-order valence-electron chi connectivity index (χ1n) is 24.2. The van der Waals surface area contributed by atoms with Crippen LogP contribution in [0.5, 0.6) is 0 Å². The minimum Gasteiger partial charge on any atom is -0.456 e. The van der Waals surface area contributed by atoms with E-state index in [1.165, 1.54) is 38.4 Å². The van der Waals surface area contributed by atoms with Gasteiger partial charge in [-0.2, -0.15) is 0 Å². The normalized spacial score (nSPS) is 15.9. The van der Waals surface area contributed by atoms with Crippen molar-refractivity contribution in [1.82, 2.24) is 9.88 Å². The Morgan fingerprint density at radius 1 is 0.443 bits per heavy atom. The van der Waals surface area contributed by atoms with E-state index in [-0.39, 0.29) is 5.92 Å². The van der Waals surface area contributed by atoms with Crippen LogP contribution in [0.3, 0.4) is 0 Å². The molecular weight excluding hydrogens is 857 g/mol. The van der Waals surface area contributed by atoms with Crippen LogP contribution < -0.4 is 5.32 Å². The van der Waals surface area contributed by atoms with Crippen LogP contribution in [0.1, 0.15) is 51.9 Å². The lowest BCUT2D eigenvalue weighted by molar-refractivity contribution is 0.647. The Morgan fingerprint density at radius 2 is 1.11 bits per heavy atom. The summed E-state index contributed by atoms with van der Waals surface area (Å²) in [4.78, 5) is 11.1. The molecular formula is C64H42N4O2. The van der Waals surface area contributed by atoms with E-state index in [0.717, 1.165) is 113 Å². The number of hydrogen-bond donors (Lipinski definition) is 1. The summed E-state index contributed by atoms with van der Waals surface area (Å²) in [5.74, 6) is 1.52. The van der Waals surface area contributed by atoms with Gasteiger partial charge >= 0.3 is 0 Å². The zero-order chi connectivity index (χ0) is 45.9. The van der Waals surface area contributed by atoms with Gasteiger partial charge in [-0.15, -0.1) is 0 Å². The molecule has 0 radical (unpaired) electrons. The highest BCUT2D eigenvalue weighted by molar-refractivity contribution is 6.19. The van der Waals surface area contributed by atoms with Crippen molar-refractivity contribution in [3.63, 3.8) is 0 Å². The Labute approximate surface area is 402 Å². The van der Waals surface area contributed by atoms with Crippen molar-refractivity contribution in [2.75, 3.05) is 0 Å². The molecule has 15 rings (SSSR count). The molecule has 1 aliphatic heterocycles. The van der Waals surface area contributed by atoms with E-state index < -0.39 is 6.17 Å². The third-order valence-corrected chi connectivity index (χ3v) is 14.9. The molecule has 0 amide bonds. The fourth-order valence-electron chi connectivity index (χ4n) is 11.6. The number of fused-ring (bicyclic) bond motifs is 13. The van der Waals surface area contributed by atoms with Crippen LogP contribution in [0.4, 0.5) is 0 Å². The number of hydrogen-bond acceptors (Lipinski definition) is 5. The molecule has 2 unspecified atom stereocenters. The molecule has 0 fully saturated rings. The molecule has 1 aliphatic carbocycles. The molecule has 70 heavy (non-hydrogen) atoms. The van der Waals surface area contributed by atoms with Crippen molar-refractivity contribution in [3.8, 4) is 16.8 Å². The maximum atomic E-state index is 6.94. The van der Waals surface area contributed by atoms with Gasteiger partial charge in [-0.3, -0.25) is 0 Å². The van der Waals surface area contributed by atoms with Crippen molar-refractivity contribution in [3.05, 3.63) is 246 Å². The molecule has 3 aromatic heterocycles. The Balaban J connectivity index is 0.931. The lowest BCUT2D eigenvalue weighted by Gasteiger charge is -2.24. The molecule has 6 heteroatoms. The van der Waals surface area contributed by atoms with Gasteiger partial charge in [-0.05, 0) is 124 Å². The van der Waals surface area contributed by atoms with Crippen LogP contribution in [0, 0.1) is 0 Å². The number of benzene rings is 10. The summed E-state index contributed by atoms with van der Waals surface area (Å²) in [6.07, 6.45) is 1.29. The van der Waals surface area contributed by atoms with Crippen LogP contribution in [-0.2, 0) is 6.42 Å². The lowest BCUT2D eigenvalue weighted by atomic mass is 9.84. The fraction of sp³-hybridized carbons (Fsp3) is 0.0625. The van der Waals surface area contributed by atoms with Crippen LogP contribution in [0.15, 0.2) is 231 Å². The van der Waals surface area contributed by atoms with Gasteiger partial charge in [0, 0.05) is 60.6 Å². The molecule has 0 saturated carbocycles. The molecule has 0 bridgehead atoms. The molecule has 2 atom stereocenters. The Morgan fingerprint density at radius 3 is 1.97 bits per heavy atom. The largest absolute Gasteiger partial charge is 0.456 e. The third kappa shape index (κ3) is 6.06. The number of aryl methyl sites for hydroxylation is 1. The SMILES string of the molecule is c1ccc(-n2c3ccccc3c3cc(C4N=C(c5ccc6c(c5)oc5ccccc56)NC(c5cc(C6CCc7cc8ccccc8cc7-c7ccccc76)c6oc7ccccc7c6c5)=N4)ccc32)cc1. The second-order valence-electron chi connectivity index (χ2n) is 18.8. The van der Waals surface area contributed by atoms with Gasteiger partial charge in [0.1, 0.15) is 34.0 Å². The molecule has 13 aromatic rings. The highest BCUT2D eigenvalue weighted by Gasteiger charge is 2.30. The fourth-order valence-corrected chi connectivity index (χ4v) is 11.6. The molecule has 330 valence electrons. The second-order valence-corrected chi connectivity index (χ2v) is 18.8. The number of amidine groups is 2. The molecule has 2 aliphatic rings. The first-order valence-corrected chi connectivity index (χ1v) is 24.2. The summed E-state index contributed by atoms with van der Waals surface area (Å²) in [7, 11) is 0. The molecule has 0 saturated heterocycles. The van der Waals surface area contributed by atoms with Crippen LogP contribution in [-0.4, -0.2) is 16.2 Å². The smallest absolute Gasteiger partial charge is 0.169 e. The quantitative estimate of drug-likeness (QED) is 0.187. The third-order valence-electron chi connectivity index (χ3n) is 14.9. The van der Waals surface area contributed by atoms with E-state index in [4.69, 9.17) is 18.8 Å². The summed E-state index contributed by atoms with van der Waals surface area (Å²) in [6.45, 7) is 0. The molecule has 0 spiro atoms. The Bertz CT molecular complexity index is 4360. The van der Waals surface area contributed by atoms with Crippen LogP contribution >= 0.6 is 0 Å². The van der Waals surface area contributed by atoms with E-state index in [1.54, 1.807) is 0 Å².